The largest absolute Gasteiger partial charge is 0.512 e. The Hall–Kier alpha value is -4.44. The zero-order valence-electron chi connectivity index (χ0n) is 28.2. The van der Waals surface area contributed by atoms with Crippen LogP contribution in [0, 0.1) is 24.0 Å². The summed E-state index contributed by atoms with van der Waals surface area (Å²) < 4.78 is 0. The monoisotopic (exact) mass is 813 g/mol. The van der Waals surface area contributed by atoms with Crippen LogP contribution in [0.3, 0.4) is 0 Å². The Morgan fingerprint density at radius 3 is 1.40 bits per heavy atom. The number of fused-ring (bicyclic) bond motifs is 2. The predicted octanol–water partition coefficient (Wildman–Crippen LogP) is 11.3. The number of nitrogens with zero attached hydrogens (tertiary/aromatic N) is 2. The van der Waals surface area contributed by atoms with E-state index >= 15 is 0 Å². The van der Waals surface area contributed by atoms with Crippen molar-refractivity contribution in [2.45, 2.75) is 53.4 Å². The van der Waals surface area contributed by atoms with Gasteiger partial charge in [0.1, 0.15) is 0 Å². The van der Waals surface area contributed by atoms with E-state index in [1.54, 1.807) is 0 Å². The molecule has 2 aromatic heterocycles. The van der Waals surface area contributed by atoms with E-state index in [-0.39, 0.29) is 43.5 Å². The van der Waals surface area contributed by atoms with E-state index in [0.29, 0.717) is 0 Å². The first-order valence-electron chi connectivity index (χ1n) is 16.5. The van der Waals surface area contributed by atoms with Gasteiger partial charge in [0.05, 0.1) is 5.76 Å². The van der Waals surface area contributed by atoms with E-state index in [0.717, 1.165) is 48.2 Å². The van der Waals surface area contributed by atoms with Gasteiger partial charge in [0.2, 0.25) is 0 Å². The van der Waals surface area contributed by atoms with Crippen LogP contribution < -0.4 is 0 Å². The minimum Gasteiger partial charge on any atom is -0.512 e. The van der Waals surface area contributed by atoms with Gasteiger partial charge in [-0.25, -0.2) is 0 Å². The molecule has 6 rings (SSSR count). The third-order valence-corrected chi connectivity index (χ3v) is 8.31. The molecule has 0 aliphatic rings. The smallest absolute Gasteiger partial charge is 0.162 e. The fourth-order valence-corrected chi connectivity index (χ4v) is 5.35. The molecule has 0 amide bonds. The molecule has 0 fully saturated rings. The Morgan fingerprint density at radius 1 is 0.625 bits per heavy atom. The van der Waals surface area contributed by atoms with Crippen molar-refractivity contribution < 1.29 is 30.0 Å². The molecule has 0 saturated carbocycles. The SMILES string of the molecule is CCC(CC)C(=O)/C=C(\O)C(CC)CC.[Ir].[c-]1ccccc1-c1cc2ccccc2cn1.[c-]1ccccc1-c1cc2ccccc2cn1. The van der Waals surface area contributed by atoms with Crippen molar-refractivity contribution in [2.24, 2.45) is 11.8 Å². The quantitative estimate of drug-likeness (QED) is 0.0897. The van der Waals surface area contributed by atoms with Crippen LogP contribution in [0.25, 0.3) is 44.1 Å². The molecule has 0 spiro atoms. The summed E-state index contributed by atoms with van der Waals surface area (Å²) in [5.74, 6) is 0.547. The molecule has 1 N–H and O–H groups in total. The zero-order chi connectivity index (χ0) is 33.4. The molecule has 5 heteroatoms. The topological polar surface area (TPSA) is 63.1 Å². The number of aliphatic hydroxyl groups is 1. The molecule has 0 saturated heterocycles. The number of allylic oxidation sites excluding steroid dienone is 2. The summed E-state index contributed by atoms with van der Waals surface area (Å²) in [4.78, 5) is 20.6. The number of aromatic nitrogens is 2. The number of carbonyl (C=O) groups is 1. The Kier molecular flexibility index (Phi) is 15.9. The van der Waals surface area contributed by atoms with E-state index in [1.807, 2.05) is 113 Å². The average Bonchev–Trinajstić information content (AvgIpc) is 3.13. The molecule has 4 aromatic carbocycles. The van der Waals surface area contributed by atoms with Crippen LogP contribution in [-0.4, -0.2) is 20.9 Å². The first-order valence-corrected chi connectivity index (χ1v) is 16.5. The van der Waals surface area contributed by atoms with Crippen molar-refractivity contribution >= 4 is 27.3 Å². The molecule has 1 radical (unpaired) electrons. The van der Waals surface area contributed by atoms with E-state index < -0.39 is 0 Å². The van der Waals surface area contributed by atoms with Gasteiger partial charge in [0.25, 0.3) is 0 Å². The van der Waals surface area contributed by atoms with Crippen LogP contribution >= 0.6 is 0 Å². The summed E-state index contributed by atoms with van der Waals surface area (Å²) in [5.41, 5.74) is 4.01. The first kappa shape index (κ1) is 38.0. The molecule has 0 aliphatic heterocycles. The molecule has 0 bridgehead atoms. The number of carbonyl (C=O) groups excluding carboxylic acids is 1. The number of hydrogen-bond acceptors (Lipinski definition) is 4. The van der Waals surface area contributed by atoms with Crippen LogP contribution in [0.5, 0.6) is 0 Å². The summed E-state index contributed by atoms with van der Waals surface area (Å²) in [7, 11) is 0. The Bertz CT molecular complexity index is 1750. The van der Waals surface area contributed by atoms with Gasteiger partial charge in [0, 0.05) is 50.4 Å². The average molecular weight is 813 g/mol. The summed E-state index contributed by atoms with van der Waals surface area (Å²) in [6.45, 7) is 8.07. The van der Waals surface area contributed by atoms with Crippen LogP contribution in [-0.2, 0) is 24.9 Å². The molecule has 2 heterocycles. The molecule has 4 nitrogen and oxygen atoms in total. The van der Waals surface area contributed by atoms with Crippen molar-refractivity contribution in [1.82, 2.24) is 9.97 Å². The molecule has 48 heavy (non-hydrogen) atoms. The van der Waals surface area contributed by atoms with Gasteiger partial charge in [-0.2, -0.15) is 0 Å². The molecule has 6 aromatic rings. The van der Waals surface area contributed by atoms with Crippen LogP contribution in [0.15, 0.2) is 133 Å². The fourth-order valence-electron chi connectivity index (χ4n) is 5.35. The maximum atomic E-state index is 11.7. The molecule has 249 valence electrons. The van der Waals surface area contributed by atoms with Crippen LogP contribution in [0.2, 0.25) is 0 Å². The van der Waals surface area contributed by atoms with E-state index in [1.165, 1.54) is 27.6 Å². The normalized spacial score (nSPS) is 10.9. The molecule has 0 atom stereocenters. The van der Waals surface area contributed by atoms with Crippen LogP contribution in [0.4, 0.5) is 0 Å². The van der Waals surface area contributed by atoms with Gasteiger partial charge >= 0.3 is 0 Å². The van der Waals surface area contributed by atoms with Gasteiger partial charge in [-0.05, 0) is 58.6 Å². The van der Waals surface area contributed by atoms with Crippen molar-refractivity contribution in [1.29, 1.82) is 0 Å². The van der Waals surface area contributed by atoms with Crippen molar-refractivity contribution in [3.63, 3.8) is 0 Å². The van der Waals surface area contributed by atoms with Gasteiger partial charge < -0.3 is 15.1 Å². The summed E-state index contributed by atoms with van der Waals surface area (Å²) >= 11 is 0. The van der Waals surface area contributed by atoms with Crippen molar-refractivity contribution in [3.05, 3.63) is 146 Å². The van der Waals surface area contributed by atoms with E-state index in [9.17, 15) is 9.90 Å². The minimum atomic E-state index is 0. The zero-order valence-corrected chi connectivity index (χ0v) is 30.6. The Labute approximate surface area is 299 Å². The second-order valence-corrected chi connectivity index (χ2v) is 11.4. The van der Waals surface area contributed by atoms with Crippen molar-refractivity contribution in [2.75, 3.05) is 0 Å². The third kappa shape index (κ3) is 10.8. The van der Waals surface area contributed by atoms with Gasteiger partial charge in [-0.1, -0.05) is 88.4 Å². The molecule has 0 unspecified atom stereocenters. The number of pyridine rings is 2. The third-order valence-electron chi connectivity index (χ3n) is 8.31. The van der Waals surface area contributed by atoms with Crippen LogP contribution in [0.1, 0.15) is 53.4 Å². The second-order valence-electron chi connectivity index (χ2n) is 11.4. The summed E-state index contributed by atoms with van der Waals surface area (Å²) in [5, 5.41) is 14.5. The minimum absolute atomic E-state index is 0. The number of hydrogen-bond donors (Lipinski definition) is 1. The maximum Gasteiger partial charge on any atom is 0.162 e. The second kappa shape index (κ2) is 20.0. The Morgan fingerprint density at radius 2 is 1.02 bits per heavy atom. The number of ketones is 1. The fraction of sp³-hybridized carbons (Fsp3) is 0.233. The standard InChI is InChI=1S/2C15H10N.C13H24O2.Ir/c2*1-2-6-12(7-3-1)15-10-13-8-4-5-9-14(13)11-16-15;1-5-10(6-2)12(14)9-13(15)11(7-3)8-4;/h2*1-6,8-11H;9-11,14H,5-8H2,1-4H3;/q2*-1;;/b;;12-9-;. The molecular weight excluding hydrogens is 769 g/mol. The van der Waals surface area contributed by atoms with Gasteiger partial charge in [-0.15, -0.1) is 71.8 Å². The predicted molar refractivity (Wildman–Crippen MR) is 196 cm³/mol. The van der Waals surface area contributed by atoms with Gasteiger partial charge in [0.15, 0.2) is 5.78 Å². The van der Waals surface area contributed by atoms with Gasteiger partial charge in [-0.3, -0.25) is 4.79 Å². The first-order chi connectivity index (χ1) is 23.0. The van der Waals surface area contributed by atoms with E-state index in [2.05, 4.69) is 58.5 Å². The number of rotatable bonds is 9. The van der Waals surface area contributed by atoms with E-state index in [4.69, 9.17) is 0 Å². The van der Waals surface area contributed by atoms with Crippen molar-refractivity contribution in [3.8, 4) is 22.5 Å². The summed E-state index contributed by atoms with van der Waals surface area (Å²) in [6.07, 6.45) is 8.72. The number of benzene rings is 4. The molecular formula is C43H44IrN2O2-2. The maximum absolute atomic E-state index is 11.7. The Balaban J connectivity index is 0.000000194. The number of aliphatic hydroxyl groups excluding tert-OH is 1. The molecule has 0 aliphatic carbocycles. The summed E-state index contributed by atoms with van der Waals surface area (Å²) in [6, 6.07) is 42.8.